The maximum atomic E-state index is 13.5. The van der Waals surface area contributed by atoms with Gasteiger partial charge in [0.1, 0.15) is 5.25 Å². The summed E-state index contributed by atoms with van der Waals surface area (Å²) in [5.41, 5.74) is 4.04. The number of aliphatic imine (C=N–C) groups is 1. The average molecular weight is 539 g/mol. The Morgan fingerprint density at radius 2 is 1.81 bits per heavy atom. The molecule has 10 heteroatoms. The second kappa shape index (κ2) is 10.4. The number of amidine groups is 1. The zero-order chi connectivity index (χ0) is 26.1. The van der Waals surface area contributed by atoms with Crippen molar-refractivity contribution >= 4 is 51.7 Å². The van der Waals surface area contributed by atoms with Gasteiger partial charge < -0.3 is 5.32 Å². The summed E-state index contributed by atoms with van der Waals surface area (Å²) in [5.74, 6) is -3.04. The van der Waals surface area contributed by atoms with E-state index >= 15 is 0 Å². The molecule has 0 fully saturated rings. The molecule has 0 saturated carbocycles. The van der Waals surface area contributed by atoms with E-state index in [1.54, 1.807) is 17.1 Å². The van der Waals surface area contributed by atoms with Gasteiger partial charge in [0.15, 0.2) is 16.8 Å². The fourth-order valence-electron chi connectivity index (χ4n) is 4.11. The number of thioether (sulfide) groups is 1. The molecule has 3 aromatic rings. The number of hydrogen-bond donors (Lipinski definition) is 1. The van der Waals surface area contributed by atoms with Crippen LogP contribution in [0.5, 0.6) is 0 Å². The lowest BCUT2D eigenvalue weighted by atomic mass is 9.98. The number of carbonyl (C=O) groups is 2. The summed E-state index contributed by atoms with van der Waals surface area (Å²) >= 11 is 7.25. The highest BCUT2D eigenvalue weighted by atomic mass is 35.5. The molecule has 188 valence electrons. The van der Waals surface area contributed by atoms with Gasteiger partial charge in [-0.25, -0.2) is 13.8 Å². The SMILES string of the molecule is Cc1ccc(C2=NN(C3=NC(=O)[C@H](CC(=O)Nc4ccc(F)c(F)c4)S3)[C@H](c3ccc(Cl)cc3)C2)cc1. The van der Waals surface area contributed by atoms with Gasteiger partial charge in [-0.2, -0.15) is 10.1 Å². The molecule has 6 nitrogen and oxygen atoms in total. The van der Waals surface area contributed by atoms with Crippen molar-refractivity contribution in [3.63, 3.8) is 0 Å². The molecule has 2 amide bonds. The number of hydrazone groups is 1. The third kappa shape index (κ3) is 5.57. The van der Waals surface area contributed by atoms with Crippen molar-refractivity contribution in [1.29, 1.82) is 0 Å². The van der Waals surface area contributed by atoms with Crippen LogP contribution in [0.3, 0.4) is 0 Å². The van der Waals surface area contributed by atoms with Crippen molar-refractivity contribution in [2.24, 2.45) is 10.1 Å². The lowest BCUT2D eigenvalue weighted by molar-refractivity contribution is -0.121. The van der Waals surface area contributed by atoms with Gasteiger partial charge in [0.2, 0.25) is 5.91 Å². The Morgan fingerprint density at radius 1 is 1.08 bits per heavy atom. The monoisotopic (exact) mass is 538 g/mol. The van der Waals surface area contributed by atoms with Crippen LogP contribution in [0, 0.1) is 18.6 Å². The van der Waals surface area contributed by atoms with E-state index in [-0.39, 0.29) is 18.2 Å². The maximum absolute atomic E-state index is 13.5. The summed E-state index contributed by atoms with van der Waals surface area (Å²) in [6.07, 6.45) is 0.420. The number of amides is 2. The van der Waals surface area contributed by atoms with E-state index in [2.05, 4.69) is 10.3 Å². The summed E-state index contributed by atoms with van der Waals surface area (Å²) in [4.78, 5) is 29.5. The number of rotatable bonds is 5. The lowest BCUT2D eigenvalue weighted by Crippen LogP contribution is -2.25. The first-order valence-electron chi connectivity index (χ1n) is 11.5. The number of nitrogens with one attached hydrogen (secondary N) is 1. The van der Waals surface area contributed by atoms with Crippen LogP contribution < -0.4 is 5.32 Å². The predicted molar refractivity (Wildman–Crippen MR) is 142 cm³/mol. The van der Waals surface area contributed by atoms with Crippen LogP contribution in [0.25, 0.3) is 0 Å². The minimum absolute atomic E-state index is 0.107. The molecule has 2 aliphatic rings. The molecule has 2 atom stereocenters. The van der Waals surface area contributed by atoms with E-state index in [1.807, 2.05) is 43.3 Å². The summed E-state index contributed by atoms with van der Waals surface area (Å²) in [6, 6.07) is 18.4. The van der Waals surface area contributed by atoms with Gasteiger partial charge in [0.05, 0.1) is 11.8 Å². The number of hydrogen-bond acceptors (Lipinski definition) is 5. The van der Waals surface area contributed by atoms with Crippen molar-refractivity contribution in [2.45, 2.75) is 31.1 Å². The molecule has 5 rings (SSSR count). The highest BCUT2D eigenvalue weighted by Gasteiger charge is 2.39. The van der Waals surface area contributed by atoms with E-state index in [1.165, 1.54) is 6.07 Å². The average Bonchev–Trinajstić information content (AvgIpc) is 3.46. The van der Waals surface area contributed by atoms with Crippen LogP contribution in [0.4, 0.5) is 14.5 Å². The van der Waals surface area contributed by atoms with Crippen LogP contribution >= 0.6 is 23.4 Å². The second-order valence-corrected chi connectivity index (χ2v) is 10.4. The molecular weight excluding hydrogens is 518 g/mol. The molecule has 1 N–H and O–H groups in total. The molecule has 0 bridgehead atoms. The predicted octanol–water partition coefficient (Wildman–Crippen LogP) is 6.10. The van der Waals surface area contributed by atoms with Crippen molar-refractivity contribution in [3.05, 3.63) is 100 Å². The topological polar surface area (TPSA) is 74.1 Å². The quantitative estimate of drug-likeness (QED) is 0.426. The Labute approximate surface area is 221 Å². The summed E-state index contributed by atoms with van der Waals surface area (Å²) in [5, 5.41) is 9.30. The summed E-state index contributed by atoms with van der Waals surface area (Å²) in [6.45, 7) is 2.02. The van der Waals surface area contributed by atoms with Crippen molar-refractivity contribution in [2.75, 3.05) is 5.32 Å². The molecular formula is C27H21ClF2N4O2S. The van der Waals surface area contributed by atoms with Crippen LogP contribution in [-0.4, -0.2) is 33.0 Å². The Kier molecular flexibility index (Phi) is 7.08. The van der Waals surface area contributed by atoms with Crippen LogP contribution in [0.2, 0.25) is 5.02 Å². The number of nitrogens with zero attached hydrogens (tertiary/aromatic N) is 3. The highest BCUT2D eigenvalue weighted by Crippen LogP contribution is 2.39. The standard InChI is InChI=1S/C27H21ClF2N4O2S/c1-15-2-4-16(5-3-15)22-13-23(17-6-8-18(28)9-7-17)34(33-22)27-32-26(36)24(37-27)14-25(35)31-19-10-11-20(29)21(30)12-19/h2-12,23-24H,13-14H2,1H3,(H,31,35)/t23-,24-/m0/s1. The van der Waals surface area contributed by atoms with E-state index in [9.17, 15) is 18.4 Å². The third-order valence-corrected chi connectivity index (χ3v) is 7.44. The van der Waals surface area contributed by atoms with Gasteiger partial charge in [0, 0.05) is 29.6 Å². The fourth-order valence-corrected chi connectivity index (χ4v) is 5.30. The number of anilines is 1. The molecule has 0 aromatic heterocycles. The first-order chi connectivity index (χ1) is 17.8. The molecule has 3 aromatic carbocycles. The molecule has 37 heavy (non-hydrogen) atoms. The zero-order valence-corrected chi connectivity index (χ0v) is 21.2. The van der Waals surface area contributed by atoms with Crippen molar-refractivity contribution < 1.29 is 18.4 Å². The van der Waals surface area contributed by atoms with Gasteiger partial charge in [-0.05, 0) is 42.3 Å². The third-order valence-electron chi connectivity index (χ3n) is 6.05. The molecule has 2 aliphatic heterocycles. The Morgan fingerprint density at radius 3 is 2.51 bits per heavy atom. The van der Waals surface area contributed by atoms with Gasteiger partial charge in [-0.3, -0.25) is 9.59 Å². The minimum atomic E-state index is -1.07. The fraction of sp³-hybridized carbons (Fsp3) is 0.185. The van der Waals surface area contributed by atoms with Crippen LogP contribution in [0.15, 0.2) is 76.8 Å². The van der Waals surface area contributed by atoms with Crippen molar-refractivity contribution in [3.8, 4) is 0 Å². The van der Waals surface area contributed by atoms with Crippen LogP contribution in [-0.2, 0) is 9.59 Å². The van der Waals surface area contributed by atoms with Gasteiger partial charge in [-0.1, -0.05) is 65.3 Å². The minimum Gasteiger partial charge on any atom is -0.326 e. The maximum Gasteiger partial charge on any atom is 0.262 e. The molecule has 0 saturated heterocycles. The number of halogens is 3. The largest absolute Gasteiger partial charge is 0.326 e. The van der Waals surface area contributed by atoms with E-state index in [0.29, 0.717) is 16.6 Å². The zero-order valence-electron chi connectivity index (χ0n) is 19.6. The summed E-state index contributed by atoms with van der Waals surface area (Å²) < 4.78 is 26.6. The molecule has 0 radical (unpaired) electrons. The first-order valence-corrected chi connectivity index (χ1v) is 12.8. The van der Waals surface area contributed by atoms with Gasteiger partial charge >= 0.3 is 0 Å². The highest BCUT2D eigenvalue weighted by molar-refractivity contribution is 8.15. The number of carbonyl (C=O) groups excluding carboxylic acids is 2. The van der Waals surface area contributed by atoms with Crippen LogP contribution in [0.1, 0.15) is 35.6 Å². The van der Waals surface area contributed by atoms with Gasteiger partial charge in [0.25, 0.3) is 5.91 Å². The summed E-state index contributed by atoms with van der Waals surface area (Å²) in [7, 11) is 0. The Balaban J connectivity index is 1.34. The van der Waals surface area contributed by atoms with E-state index in [4.69, 9.17) is 16.7 Å². The molecule has 0 spiro atoms. The molecule has 2 heterocycles. The lowest BCUT2D eigenvalue weighted by Gasteiger charge is -2.23. The van der Waals surface area contributed by atoms with Crippen molar-refractivity contribution in [1.82, 2.24) is 5.01 Å². The van der Waals surface area contributed by atoms with E-state index in [0.717, 1.165) is 46.3 Å². The van der Waals surface area contributed by atoms with Gasteiger partial charge in [-0.15, -0.1) is 0 Å². The number of aryl methyl sites for hydroxylation is 1. The normalized spacial score (nSPS) is 19.1. The van der Waals surface area contributed by atoms with E-state index < -0.39 is 28.7 Å². The Bertz CT molecular complexity index is 1430. The molecule has 0 unspecified atom stereocenters. The second-order valence-electron chi connectivity index (χ2n) is 8.75. The smallest absolute Gasteiger partial charge is 0.262 e. The molecule has 0 aliphatic carbocycles. The first kappa shape index (κ1) is 25.1. The Hall–Kier alpha value is -3.56. The number of benzene rings is 3.